The van der Waals surface area contributed by atoms with Crippen LogP contribution in [0.4, 0.5) is 11.4 Å². The van der Waals surface area contributed by atoms with E-state index in [2.05, 4.69) is 15.5 Å². The van der Waals surface area contributed by atoms with Crippen LogP contribution >= 0.6 is 0 Å². The fraction of sp³-hybridized carbons (Fsp3) is 0. The molecule has 4 rings (SSSR count). The summed E-state index contributed by atoms with van der Waals surface area (Å²) in [6, 6.07) is 17.5. The minimum absolute atomic E-state index is 0.288. The lowest BCUT2D eigenvalue weighted by Crippen LogP contribution is -2.13. The number of furan rings is 1. The average Bonchev–Trinajstić information content (AvgIpc) is 3.34. The molecule has 2 heterocycles. The predicted molar refractivity (Wildman–Crippen MR) is 96.2 cm³/mol. The molecular weight excluding hydrogens is 332 g/mol. The van der Waals surface area contributed by atoms with Crippen LogP contribution in [0.2, 0.25) is 0 Å². The third kappa shape index (κ3) is 3.05. The number of hydrogen-bond acceptors (Lipinski definition) is 6. The van der Waals surface area contributed by atoms with E-state index in [0.717, 1.165) is 0 Å². The number of hydrogen-bond donors (Lipinski definition) is 2. The standard InChI is InChI=1S/C19H14N4O3/c20-15-8-2-1-7-14(15)17(24)21-13-6-3-5-12(11-13)18-22-23-19(26-18)16-9-4-10-25-16/h1-11H,20H2,(H,21,24). The van der Waals surface area contributed by atoms with Gasteiger partial charge < -0.3 is 19.9 Å². The largest absolute Gasteiger partial charge is 0.459 e. The molecule has 0 atom stereocenters. The number of benzene rings is 2. The van der Waals surface area contributed by atoms with Gasteiger partial charge in [-0.25, -0.2) is 0 Å². The lowest BCUT2D eigenvalue weighted by Gasteiger charge is -2.08. The second-order valence-corrected chi connectivity index (χ2v) is 5.51. The molecule has 0 spiro atoms. The van der Waals surface area contributed by atoms with Gasteiger partial charge in [0.15, 0.2) is 5.76 Å². The number of carbonyl (C=O) groups excluding carboxylic acids is 1. The van der Waals surface area contributed by atoms with Crippen molar-refractivity contribution in [2.75, 3.05) is 11.1 Å². The molecule has 0 aliphatic carbocycles. The van der Waals surface area contributed by atoms with Gasteiger partial charge in [0, 0.05) is 16.9 Å². The molecule has 0 radical (unpaired) electrons. The maximum atomic E-state index is 12.4. The number of nitrogens with zero attached hydrogens (tertiary/aromatic N) is 2. The minimum Gasteiger partial charge on any atom is -0.459 e. The van der Waals surface area contributed by atoms with E-state index in [9.17, 15) is 4.79 Å². The Hall–Kier alpha value is -3.87. The Kier molecular flexibility index (Phi) is 3.95. The van der Waals surface area contributed by atoms with Gasteiger partial charge in [-0.15, -0.1) is 10.2 Å². The SMILES string of the molecule is Nc1ccccc1C(=O)Nc1cccc(-c2nnc(-c3ccco3)o2)c1. The highest BCUT2D eigenvalue weighted by Gasteiger charge is 2.14. The van der Waals surface area contributed by atoms with E-state index in [4.69, 9.17) is 14.6 Å². The van der Waals surface area contributed by atoms with E-state index < -0.39 is 0 Å². The average molecular weight is 346 g/mol. The molecule has 0 unspecified atom stereocenters. The number of nitrogens with two attached hydrogens (primary N) is 1. The van der Waals surface area contributed by atoms with Crippen molar-refractivity contribution in [2.45, 2.75) is 0 Å². The number of aromatic nitrogens is 2. The zero-order chi connectivity index (χ0) is 17.9. The molecule has 0 aliphatic heterocycles. The van der Waals surface area contributed by atoms with Crippen LogP contribution in [-0.2, 0) is 0 Å². The highest BCUT2D eigenvalue weighted by Crippen LogP contribution is 2.26. The first-order valence-electron chi connectivity index (χ1n) is 7.84. The summed E-state index contributed by atoms with van der Waals surface area (Å²) in [4.78, 5) is 12.4. The Morgan fingerprint density at radius 2 is 1.81 bits per heavy atom. The molecule has 0 aliphatic rings. The topological polar surface area (TPSA) is 107 Å². The molecule has 4 aromatic rings. The summed E-state index contributed by atoms with van der Waals surface area (Å²) in [6.07, 6.45) is 1.53. The molecule has 1 amide bonds. The number of nitrogen functional groups attached to an aromatic ring is 1. The monoisotopic (exact) mass is 346 g/mol. The van der Waals surface area contributed by atoms with Crippen molar-refractivity contribution in [1.29, 1.82) is 0 Å². The maximum absolute atomic E-state index is 12.4. The summed E-state index contributed by atoms with van der Waals surface area (Å²) in [7, 11) is 0. The summed E-state index contributed by atoms with van der Waals surface area (Å²) >= 11 is 0. The first-order valence-corrected chi connectivity index (χ1v) is 7.84. The summed E-state index contributed by atoms with van der Waals surface area (Å²) < 4.78 is 10.9. The molecular formula is C19H14N4O3. The van der Waals surface area contributed by atoms with Gasteiger partial charge in [-0.3, -0.25) is 4.79 Å². The third-order valence-corrected chi connectivity index (χ3v) is 3.73. The second-order valence-electron chi connectivity index (χ2n) is 5.51. The van der Waals surface area contributed by atoms with E-state index in [1.807, 2.05) is 6.07 Å². The molecule has 26 heavy (non-hydrogen) atoms. The van der Waals surface area contributed by atoms with Crippen molar-refractivity contribution in [3.63, 3.8) is 0 Å². The molecule has 0 fully saturated rings. The Morgan fingerprint density at radius 1 is 0.962 bits per heavy atom. The van der Waals surface area contributed by atoms with Gasteiger partial charge in [-0.05, 0) is 42.5 Å². The normalized spacial score (nSPS) is 10.6. The molecule has 0 saturated carbocycles. The predicted octanol–water partition coefficient (Wildman–Crippen LogP) is 3.83. The van der Waals surface area contributed by atoms with Crippen molar-refractivity contribution in [3.05, 3.63) is 72.5 Å². The van der Waals surface area contributed by atoms with E-state index in [0.29, 0.717) is 34.2 Å². The van der Waals surface area contributed by atoms with Crippen LogP contribution in [0, 0.1) is 0 Å². The molecule has 2 aromatic carbocycles. The van der Waals surface area contributed by atoms with Gasteiger partial charge in [-0.1, -0.05) is 18.2 Å². The summed E-state index contributed by atoms with van der Waals surface area (Å²) in [5, 5.41) is 10.8. The van der Waals surface area contributed by atoms with Crippen molar-refractivity contribution in [3.8, 4) is 23.1 Å². The highest BCUT2D eigenvalue weighted by atomic mass is 16.4. The van der Waals surface area contributed by atoms with E-state index in [1.54, 1.807) is 54.6 Å². The third-order valence-electron chi connectivity index (χ3n) is 3.73. The van der Waals surface area contributed by atoms with Gasteiger partial charge in [-0.2, -0.15) is 0 Å². The molecule has 0 saturated heterocycles. The number of rotatable bonds is 4. The van der Waals surface area contributed by atoms with Crippen molar-refractivity contribution < 1.29 is 13.6 Å². The van der Waals surface area contributed by atoms with Crippen LogP contribution in [0.5, 0.6) is 0 Å². The van der Waals surface area contributed by atoms with Gasteiger partial charge >= 0.3 is 0 Å². The lowest BCUT2D eigenvalue weighted by molar-refractivity contribution is 0.102. The molecule has 7 heteroatoms. The Bertz CT molecular complexity index is 1050. The zero-order valence-corrected chi connectivity index (χ0v) is 13.5. The van der Waals surface area contributed by atoms with Crippen LogP contribution in [0.1, 0.15) is 10.4 Å². The van der Waals surface area contributed by atoms with E-state index in [1.165, 1.54) is 6.26 Å². The molecule has 3 N–H and O–H groups in total. The van der Waals surface area contributed by atoms with Crippen molar-refractivity contribution >= 4 is 17.3 Å². The number of para-hydroxylation sites is 1. The summed E-state index contributed by atoms with van der Waals surface area (Å²) in [5.41, 5.74) is 7.94. The van der Waals surface area contributed by atoms with Crippen molar-refractivity contribution in [1.82, 2.24) is 10.2 Å². The van der Waals surface area contributed by atoms with Gasteiger partial charge in [0.1, 0.15) is 0 Å². The highest BCUT2D eigenvalue weighted by molar-refractivity contribution is 6.07. The Labute approximate surface area is 148 Å². The second kappa shape index (κ2) is 6.56. The number of amides is 1. The fourth-order valence-corrected chi connectivity index (χ4v) is 2.47. The Morgan fingerprint density at radius 3 is 2.62 bits per heavy atom. The van der Waals surface area contributed by atoms with Crippen LogP contribution in [0.3, 0.4) is 0 Å². The number of nitrogens with one attached hydrogen (secondary N) is 1. The van der Waals surface area contributed by atoms with E-state index >= 15 is 0 Å². The lowest BCUT2D eigenvalue weighted by atomic mass is 10.1. The summed E-state index contributed by atoms with van der Waals surface area (Å²) in [5.74, 6) is 0.818. The maximum Gasteiger partial charge on any atom is 0.283 e. The molecule has 128 valence electrons. The van der Waals surface area contributed by atoms with Gasteiger partial charge in [0.25, 0.3) is 11.8 Å². The smallest absolute Gasteiger partial charge is 0.283 e. The number of anilines is 2. The van der Waals surface area contributed by atoms with Gasteiger partial charge in [0.2, 0.25) is 5.89 Å². The van der Waals surface area contributed by atoms with Crippen LogP contribution < -0.4 is 11.1 Å². The first kappa shape index (κ1) is 15.6. The molecule has 2 aromatic heterocycles. The summed E-state index contributed by atoms with van der Waals surface area (Å²) in [6.45, 7) is 0. The van der Waals surface area contributed by atoms with Crippen LogP contribution in [-0.4, -0.2) is 16.1 Å². The molecule has 7 nitrogen and oxygen atoms in total. The first-order chi connectivity index (χ1) is 12.7. The van der Waals surface area contributed by atoms with E-state index in [-0.39, 0.29) is 11.8 Å². The van der Waals surface area contributed by atoms with Crippen LogP contribution in [0.15, 0.2) is 75.8 Å². The molecule has 0 bridgehead atoms. The Balaban J connectivity index is 1.57. The quantitative estimate of drug-likeness (QED) is 0.544. The minimum atomic E-state index is -0.290. The van der Waals surface area contributed by atoms with Crippen molar-refractivity contribution in [2.24, 2.45) is 0 Å². The van der Waals surface area contributed by atoms with Crippen LogP contribution in [0.25, 0.3) is 23.1 Å². The van der Waals surface area contributed by atoms with Gasteiger partial charge in [0.05, 0.1) is 11.8 Å². The number of carbonyl (C=O) groups is 1. The zero-order valence-electron chi connectivity index (χ0n) is 13.5. The fourth-order valence-electron chi connectivity index (χ4n) is 2.47.